The van der Waals surface area contributed by atoms with E-state index in [2.05, 4.69) is 24.1 Å². The Balaban J connectivity index is 1.80. The van der Waals surface area contributed by atoms with Gasteiger partial charge in [-0.15, -0.1) is 0 Å². The monoisotopic (exact) mass is 378 g/mol. The van der Waals surface area contributed by atoms with Gasteiger partial charge in [-0.2, -0.15) is 0 Å². The fourth-order valence-corrected chi connectivity index (χ4v) is 3.53. The molecule has 0 aromatic heterocycles. The molecule has 2 fully saturated rings. The number of anilines is 1. The standard InChI is InChI=1S/C20H32BFN2O3/c1-7-24(8-2)12-20(13-25-14-20)23-17-10-15(9-16(22)11-17)21-26-18(3,4)19(5,6)27-21/h9-11,23H,7-8,12-14H2,1-6H3. The number of hydrogen-bond donors (Lipinski definition) is 1. The van der Waals surface area contributed by atoms with Gasteiger partial charge in [-0.1, -0.05) is 13.8 Å². The normalized spacial score (nSPS) is 22.7. The van der Waals surface area contributed by atoms with Crippen molar-refractivity contribution in [2.24, 2.45) is 0 Å². The predicted molar refractivity (Wildman–Crippen MR) is 107 cm³/mol. The SMILES string of the molecule is CCN(CC)CC1(Nc2cc(F)cc(B3OC(C)(C)C(C)(C)O3)c2)COC1. The predicted octanol–water partition coefficient (Wildman–Crippen LogP) is 2.65. The van der Waals surface area contributed by atoms with Crippen LogP contribution >= 0.6 is 0 Å². The van der Waals surface area contributed by atoms with Crippen LogP contribution < -0.4 is 10.8 Å². The van der Waals surface area contributed by atoms with Gasteiger partial charge < -0.3 is 24.3 Å². The van der Waals surface area contributed by atoms with Gasteiger partial charge in [-0.25, -0.2) is 4.39 Å². The molecule has 0 aliphatic carbocycles. The summed E-state index contributed by atoms with van der Waals surface area (Å²) in [6.45, 7) is 16.3. The Bertz CT molecular complexity index is 659. The third kappa shape index (κ3) is 4.16. The van der Waals surface area contributed by atoms with Crippen LogP contribution in [0, 0.1) is 5.82 Å². The van der Waals surface area contributed by atoms with Crippen LogP contribution in [0.15, 0.2) is 18.2 Å². The highest BCUT2D eigenvalue weighted by molar-refractivity contribution is 6.62. The highest BCUT2D eigenvalue weighted by atomic mass is 19.1. The number of hydrogen-bond acceptors (Lipinski definition) is 5. The Morgan fingerprint density at radius 2 is 1.63 bits per heavy atom. The molecule has 2 aliphatic rings. The molecule has 2 aliphatic heterocycles. The molecule has 3 rings (SSSR count). The summed E-state index contributed by atoms with van der Waals surface area (Å²) in [5.41, 5.74) is 0.323. The molecule has 5 nitrogen and oxygen atoms in total. The fourth-order valence-electron chi connectivity index (χ4n) is 3.53. The first-order valence-electron chi connectivity index (χ1n) is 9.84. The molecule has 2 heterocycles. The van der Waals surface area contributed by atoms with Crippen LogP contribution in [0.25, 0.3) is 0 Å². The lowest BCUT2D eigenvalue weighted by molar-refractivity contribution is -0.0549. The summed E-state index contributed by atoms with van der Waals surface area (Å²) in [5, 5.41) is 3.52. The Kier molecular flexibility index (Phi) is 5.61. The number of nitrogens with zero attached hydrogens (tertiary/aromatic N) is 1. The highest BCUT2D eigenvalue weighted by Gasteiger charge is 2.52. The molecule has 27 heavy (non-hydrogen) atoms. The molecule has 7 heteroatoms. The lowest BCUT2D eigenvalue weighted by atomic mass is 9.78. The quantitative estimate of drug-likeness (QED) is 0.739. The Morgan fingerprint density at radius 3 is 2.11 bits per heavy atom. The zero-order chi connectivity index (χ0) is 19.9. The van der Waals surface area contributed by atoms with Gasteiger partial charge in [-0.05, 0) is 64.4 Å². The van der Waals surface area contributed by atoms with Crippen molar-refractivity contribution >= 4 is 18.3 Å². The average Bonchev–Trinajstić information content (AvgIpc) is 2.77. The topological polar surface area (TPSA) is 43.0 Å². The number of nitrogens with one attached hydrogen (secondary N) is 1. The van der Waals surface area contributed by atoms with Crippen LogP contribution in [0.4, 0.5) is 10.1 Å². The lowest BCUT2D eigenvalue weighted by Crippen LogP contribution is -2.62. The third-order valence-electron chi connectivity index (χ3n) is 6.03. The second-order valence-electron chi connectivity index (χ2n) is 8.72. The second-order valence-corrected chi connectivity index (χ2v) is 8.72. The number of rotatable bonds is 7. The van der Waals surface area contributed by atoms with Crippen molar-refractivity contribution in [2.45, 2.75) is 58.3 Å². The fraction of sp³-hybridized carbons (Fsp3) is 0.700. The van der Waals surface area contributed by atoms with Crippen LogP contribution in [0.1, 0.15) is 41.5 Å². The van der Waals surface area contributed by atoms with Gasteiger partial charge in [0.15, 0.2) is 0 Å². The first kappa shape index (κ1) is 20.6. The van der Waals surface area contributed by atoms with E-state index in [4.69, 9.17) is 14.0 Å². The smallest absolute Gasteiger partial charge is 0.399 e. The molecule has 1 aromatic carbocycles. The summed E-state index contributed by atoms with van der Waals surface area (Å²) in [5.74, 6) is -0.303. The first-order valence-corrected chi connectivity index (χ1v) is 9.84. The number of benzene rings is 1. The van der Waals surface area contributed by atoms with Crippen LogP contribution in [-0.2, 0) is 14.0 Å². The summed E-state index contributed by atoms with van der Waals surface area (Å²) in [6.07, 6.45) is 0. The molecule has 0 unspecified atom stereocenters. The van der Waals surface area contributed by atoms with Crippen molar-refractivity contribution in [2.75, 3.05) is 38.2 Å². The maximum Gasteiger partial charge on any atom is 0.495 e. The second kappa shape index (κ2) is 7.35. The molecule has 0 radical (unpaired) electrons. The van der Waals surface area contributed by atoms with E-state index in [-0.39, 0.29) is 11.4 Å². The Hall–Kier alpha value is -1.15. The molecule has 0 saturated carbocycles. The van der Waals surface area contributed by atoms with Crippen LogP contribution in [0.3, 0.4) is 0 Å². The van der Waals surface area contributed by atoms with Crippen molar-refractivity contribution in [3.8, 4) is 0 Å². The van der Waals surface area contributed by atoms with E-state index < -0.39 is 18.3 Å². The van der Waals surface area contributed by atoms with E-state index in [0.717, 1.165) is 25.3 Å². The lowest BCUT2D eigenvalue weighted by Gasteiger charge is -2.45. The van der Waals surface area contributed by atoms with Crippen molar-refractivity contribution in [3.63, 3.8) is 0 Å². The average molecular weight is 378 g/mol. The summed E-state index contributed by atoms with van der Waals surface area (Å²) in [7, 11) is -0.581. The van der Waals surface area contributed by atoms with E-state index in [1.165, 1.54) is 12.1 Å². The van der Waals surface area contributed by atoms with Gasteiger partial charge in [-0.3, -0.25) is 0 Å². The molecular formula is C20H32BFN2O3. The molecule has 2 saturated heterocycles. The summed E-state index contributed by atoms with van der Waals surface area (Å²) in [4.78, 5) is 2.35. The first-order chi connectivity index (χ1) is 12.6. The van der Waals surface area contributed by atoms with Crippen LogP contribution in [-0.4, -0.2) is 61.6 Å². The largest absolute Gasteiger partial charge is 0.495 e. The number of halogens is 1. The van der Waals surface area contributed by atoms with E-state index in [1.54, 1.807) is 0 Å². The zero-order valence-electron chi connectivity index (χ0n) is 17.4. The van der Waals surface area contributed by atoms with Gasteiger partial charge in [0.2, 0.25) is 0 Å². The third-order valence-corrected chi connectivity index (χ3v) is 6.03. The summed E-state index contributed by atoms with van der Waals surface area (Å²) in [6, 6.07) is 4.94. The maximum absolute atomic E-state index is 14.4. The molecular weight excluding hydrogens is 346 g/mol. The maximum atomic E-state index is 14.4. The number of ether oxygens (including phenoxy) is 1. The Morgan fingerprint density at radius 1 is 1.04 bits per heavy atom. The van der Waals surface area contributed by atoms with E-state index in [1.807, 2.05) is 33.8 Å². The van der Waals surface area contributed by atoms with Gasteiger partial charge in [0.1, 0.15) is 5.82 Å². The van der Waals surface area contributed by atoms with E-state index in [9.17, 15) is 4.39 Å². The summed E-state index contributed by atoms with van der Waals surface area (Å²) >= 11 is 0. The Labute approximate surface area is 162 Å². The minimum Gasteiger partial charge on any atom is -0.399 e. The van der Waals surface area contributed by atoms with Crippen molar-refractivity contribution in [3.05, 3.63) is 24.0 Å². The van der Waals surface area contributed by atoms with Crippen molar-refractivity contribution < 1.29 is 18.4 Å². The number of likely N-dealkylation sites (N-methyl/N-ethyl adjacent to an activating group) is 1. The molecule has 150 valence electrons. The molecule has 1 aromatic rings. The minimum atomic E-state index is -0.581. The van der Waals surface area contributed by atoms with Gasteiger partial charge in [0, 0.05) is 12.2 Å². The van der Waals surface area contributed by atoms with Crippen molar-refractivity contribution in [1.82, 2.24) is 4.90 Å². The van der Waals surface area contributed by atoms with E-state index >= 15 is 0 Å². The van der Waals surface area contributed by atoms with Crippen LogP contribution in [0.5, 0.6) is 0 Å². The summed E-state index contributed by atoms with van der Waals surface area (Å²) < 4.78 is 32.0. The van der Waals surface area contributed by atoms with Crippen molar-refractivity contribution in [1.29, 1.82) is 0 Å². The van der Waals surface area contributed by atoms with Gasteiger partial charge in [0.05, 0.1) is 30.0 Å². The molecule has 1 N–H and O–H groups in total. The van der Waals surface area contributed by atoms with Crippen LogP contribution in [0.2, 0.25) is 0 Å². The minimum absolute atomic E-state index is 0.187. The van der Waals surface area contributed by atoms with Gasteiger partial charge >= 0.3 is 7.12 Å². The molecule has 0 spiro atoms. The van der Waals surface area contributed by atoms with Gasteiger partial charge in [0.25, 0.3) is 0 Å². The zero-order valence-corrected chi connectivity index (χ0v) is 17.4. The highest BCUT2D eigenvalue weighted by Crippen LogP contribution is 2.36. The molecule has 0 bridgehead atoms. The molecule has 0 atom stereocenters. The molecule has 0 amide bonds. The van der Waals surface area contributed by atoms with E-state index in [0.29, 0.717) is 18.7 Å².